The van der Waals surface area contributed by atoms with Gasteiger partial charge in [0, 0.05) is 5.69 Å². The fourth-order valence-corrected chi connectivity index (χ4v) is 1.92. The van der Waals surface area contributed by atoms with E-state index in [9.17, 15) is 4.79 Å². The third-order valence-electron chi connectivity index (χ3n) is 2.14. The summed E-state index contributed by atoms with van der Waals surface area (Å²) in [6.45, 7) is 5.98. The van der Waals surface area contributed by atoms with Crippen LogP contribution in [-0.2, 0) is 0 Å². The van der Waals surface area contributed by atoms with Crippen LogP contribution in [0.1, 0.15) is 29.1 Å². The Hall–Kier alpha value is -1.61. The van der Waals surface area contributed by atoms with Gasteiger partial charge in [0.15, 0.2) is 0 Å². The van der Waals surface area contributed by atoms with Crippen molar-refractivity contribution in [2.75, 3.05) is 5.32 Å². The monoisotopic (exact) mass is 247 g/mol. The Balaban J connectivity index is 0.000000686. The van der Waals surface area contributed by atoms with E-state index in [1.54, 1.807) is 0 Å². The van der Waals surface area contributed by atoms with Crippen molar-refractivity contribution in [2.45, 2.75) is 20.8 Å². The van der Waals surface area contributed by atoms with Crippen LogP contribution < -0.4 is 5.32 Å². The predicted octanol–water partition coefficient (Wildman–Crippen LogP) is 4.34. The third kappa shape index (κ3) is 3.71. The molecule has 90 valence electrons. The highest BCUT2D eigenvalue weighted by Crippen LogP contribution is 2.16. The van der Waals surface area contributed by atoms with E-state index in [-0.39, 0.29) is 5.91 Å². The minimum atomic E-state index is -0.0423. The van der Waals surface area contributed by atoms with Gasteiger partial charge in [0.25, 0.3) is 5.91 Å². The average Bonchev–Trinajstić information content (AvgIpc) is 2.88. The van der Waals surface area contributed by atoms with Crippen LogP contribution in [0.4, 0.5) is 5.69 Å². The topological polar surface area (TPSA) is 29.1 Å². The van der Waals surface area contributed by atoms with Crippen LogP contribution in [0, 0.1) is 6.92 Å². The zero-order valence-electron chi connectivity index (χ0n) is 10.4. The number of thiophene rings is 1. The molecule has 1 heterocycles. The third-order valence-corrected chi connectivity index (χ3v) is 3.01. The van der Waals surface area contributed by atoms with Gasteiger partial charge in [-0.15, -0.1) is 11.3 Å². The van der Waals surface area contributed by atoms with Crippen molar-refractivity contribution in [1.82, 2.24) is 0 Å². The number of rotatable bonds is 2. The van der Waals surface area contributed by atoms with Gasteiger partial charge in [-0.1, -0.05) is 38.1 Å². The second-order valence-electron chi connectivity index (χ2n) is 3.25. The summed E-state index contributed by atoms with van der Waals surface area (Å²) in [6, 6.07) is 11.4. The smallest absolute Gasteiger partial charge is 0.265 e. The predicted molar refractivity (Wildman–Crippen MR) is 74.8 cm³/mol. The minimum absolute atomic E-state index is 0.0423. The van der Waals surface area contributed by atoms with Crippen LogP contribution in [-0.4, -0.2) is 5.91 Å². The lowest BCUT2D eigenvalue weighted by Crippen LogP contribution is -2.10. The molecular formula is C14H17NOS. The summed E-state index contributed by atoms with van der Waals surface area (Å²) in [4.78, 5) is 12.5. The van der Waals surface area contributed by atoms with E-state index in [0.717, 1.165) is 16.1 Å². The summed E-state index contributed by atoms with van der Waals surface area (Å²) >= 11 is 1.44. The van der Waals surface area contributed by atoms with Crippen molar-refractivity contribution >= 4 is 22.9 Å². The lowest BCUT2D eigenvalue weighted by Gasteiger charge is -2.06. The fourth-order valence-electron chi connectivity index (χ4n) is 1.30. The number of carbonyl (C=O) groups excluding carboxylic acids is 1. The molecule has 0 aliphatic carbocycles. The number of hydrogen-bond donors (Lipinski definition) is 1. The number of amides is 1. The molecule has 0 fully saturated rings. The molecule has 1 aromatic heterocycles. The van der Waals surface area contributed by atoms with Crippen molar-refractivity contribution in [3.63, 3.8) is 0 Å². The number of benzene rings is 1. The fraction of sp³-hybridized carbons (Fsp3) is 0.214. The quantitative estimate of drug-likeness (QED) is 0.840. The summed E-state index contributed by atoms with van der Waals surface area (Å²) in [7, 11) is 0. The Bertz CT molecular complexity index is 463. The van der Waals surface area contributed by atoms with Crippen molar-refractivity contribution in [2.24, 2.45) is 0 Å². The summed E-state index contributed by atoms with van der Waals surface area (Å²) < 4.78 is 0. The van der Waals surface area contributed by atoms with Gasteiger partial charge in [-0.3, -0.25) is 4.79 Å². The molecule has 17 heavy (non-hydrogen) atoms. The number of carbonyl (C=O) groups is 1. The van der Waals surface area contributed by atoms with Crippen LogP contribution in [0.2, 0.25) is 0 Å². The van der Waals surface area contributed by atoms with E-state index < -0.39 is 0 Å². The molecule has 3 heteroatoms. The average molecular weight is 247 g/mol. The molecule has 0 unspecified atom stereocenters. The first-order valence-corrected chi connectivity index (χ1v) is 6.56. The van der Waals surface area contributed by atoms with Crippen LogP contribution in [0.5, 0.6) is 0 Å². The second kappa shape index (κ2) is 6.86. The summed E-state index contributed by atoms with van der Waals surface area (Å²) in [5.74, 6) is -0.0423. The van der Waals surface area contributed by atoms with Gasteiger partial charge in [-0.2, -0.15) is 0 Å². The van der Waals surface area contributed by atoms with Crippen molar-refractivity contribution in [3.8, 4) is 0 Å². The summed E-state index contributed by atoms with van der Waals surface area (Å²) in [6.07, 6.45) is 0. The van der Waals surface area contributed by atoms with Gasteiger partial charge in [0.1, 0.15) is 0 Å². The number of nitrogens with one attached hydrogen (secondary N) is 1. The van der Waals surface area contributed by atoms with Gasteiger partial charge in [-0.05, 0) is 30.0 Å². The maximum absolute atomic E-state index is 11.7. The molecule has 1 aromatic carbocycles. The Morgan fingerprint density at radius 3 is 2.41 bits per heavy atom. The molecule has 2 rings (SSSR count). The van der Waals surface area contributed by atoms with Crippen LogP contribution in [0.25, 0.3) is 0 Å². The molecule has 2 nitrogen and oxygen atoms in total. The molecule has 0 bridgehead atoms. The van der Waals surface area contributed by atoms with E-state index in [4.69, 9.17) is 0 Å². The van der Waals surface area contributed by atoms with Gasteiger partial charge in [-0.25, -0.2) is 0 Å². The van der Waals surface area contributed by atoms with E-state index in [2.05, 4.69) is 5.32 Å². The zero-order chi connectivity index (χ0) is 12.7. The molecule has 1 N–H and O–H groups in total. The Labute approximate surface area is 106 Å². The first-order chi connectivity index (χ1) is 8.27. The highest BCUT2D eigenvalue weighted by Gasteiger charge is 2.07. The Morgan fingerprint density at radius 2 is 1.82 bits per heavy atom. The molecule has 2 aromatic rings. The molecule has 0 saturated heterocycles. The number of aryl methyl sites for hydroxylation is 1. The Kier molecular flexibility index (Phi) is 5.43. The van der Waals surface area contributed by atoms with E-state index in [1.807, 2.05) is 62.5 Å². The maximum Gasteiger partial charge on any atom is 0.265 e. The molecular weight excluding hydrogens is 230 g/mol. The summed E-state index contributed by atoms with van der Waals surface area (Å²) in [5.41, 5.74) is 1.94. The van der Waals surface area contributed by atoms with E-state index >= 15 is 0 Å². The van der Waals surface area contributed by atoms with Crippen LogP contribution >= 0.6 is 11.3 Å². The Morgan fingerprint density at radius 1 is 1.12 bits per heavy atom. The highest BCUT2D eigenvalue weighted by atomic mass is 32.1. The SMILES string of the molecule is CC.Cc1ccccc1NC(=O)c1cccs1. The molecule has 0 aliphatic rings. The van der Waals surface area contributed by atoms with Crippen molar-refractivity contribution in [3.05, 3.63) is 52.2 Å². The van der Waals surface area contributed by atoms with Crippen molar-refractivity contribution in [1.29, 1.82) is 0 Å². The molecule has 0 spiro atoms. The number of anilines is 1. The minimum Gasteiger partial charge on any atom is -0.321 e. The number of hydrogen-bond acceptors (Lipinski definition) is 2. The standard InChI is InChI=1S/C12H11NOS.C2H6/c1-9-5-2-3-6-10(9)13-12(14)11-7-4-8-15-11;1-2/h2-8H,1H3,(H,13,14);1-2H3. The lowest BCUT2D eigenvalue weighted by molar-refractivity contribution is 0.103. The normalized spacial score (nSPS) is 9.12. The number of para-hydroxylation sites is 1. The maximum atomic E-state index is 11.7. The first-order valence-electron chi connectivity index (χ1n) is 5.68. The second-order valence-corrected chi connectivity index (χ2v) is 4.19. The van der Waals surface area contributed by atoms with Gasteiger partial charge in [0.2, 0.25) is 0 Å². The molecule has 0 atom stereocenters. The van der Waals surface area contributed by atoms with Gasteiger partial charge >= 0.3 is 0 Å². The van der Waals surface area contributed by atoms with Gasteiger partial charge < -0.3 is 5.32 Å². The van der Waals surface area contributed by atoms with Gasteiger partial charge in [0.05, 0.1) is 4.88 Å². The molecule has 1 amide bonds. The summed E-state index contributed by atoms with van der Waals surface area (Å²) in [5, 5.41) is 4.78. The molecule has 0 aliphatic heterocycles. The molecule has 0 saturated carbocycles. The van der Waals surface area contributed by atoms with E-state index in [0.29, 0.717) is 0 Å². The first kappa shape index (κ1) is 13.5. The van der Waals surface area contributed by atoms with Crippen LogP contribution in [0.15, 0.2) is 41.8 Å². The lowest BCUT2D eigenvalue weighted by atomic mass is 10.2. The molecule has 0 radical (unpaired) electrons. The highest BCUT2D eigenvalue weighted by molar-refractivity contribution is 7.12. The van der Waals surface area contributed by atoms with E-state index in [1.165, 1.54) is 11.3 Å². The van der Waals surface area contributed by atoms with Crippen LogP contribution in [0.3, 0.4) is 0 Å². The van der Waals surface area contributed by atoms with Crippen molar-refractivity contribution < 1.29 is 4.79 Å². The zero-order valence-corrected chi connectivity index (χ0v) is 11.2. The largest absolute Gasteiger partial charge is 0.321 e.